The van der Waals surface area contributed by atoms with Gasteiger partial charge in [-0.2, -0.15) is 20.3 Å². The number of aromatic nitrogens is 5. The summed E-state index contributed by atoms with van der Waals surface area (Å²) in [4.78, 5) is 26.6. The third kappa shape index (κ3) is 3.59. The van der Waals surface area contributed by atoms with E-state index >= 15 is 4.39 Å². The first-order valence-corrected chi connectivity index (χ1v) is 13.3. The van der Waals surface area contributed by atoms with Gasteiger partial charge in [0.25, 0.3) is 5.56 Å². The first kappa shape index (κ1) is 23.8. The highest BCUT2D eigenvalue weighted by molar-refractivity contribution is 6.30. The molecule has 2 saturated heterocycles. The lowest BCUT2D eigenvalue weighted by atomic mass is 9.95. The SMILES string of the molecule is N#Cc1cnn2c1CN(c1nc(OC[C@@]34CCCN3C[C@H](F)C4)nc3c(F)c(Cl)n(C4CC4)c(=O)c13)CC2. The highest BCUT2D eigenvalue weighted by Crippen LogP contribution is 2.41. The lowest BCUT2D eigenvalue weighted by Gasteiger charge is -2.32. The molecule has 1 saturated carbocycles. The van der Waals surface area contributed by atoms with Gasteiger partial charge in [0.2, 0.25) is 0 Å². The summed E-state index contributed by atoms with van der Waals surface area (Å²) in [5.74, 6) is -0.571. The maximum atomic E-state index is 15.7. The molecule has 2 atom stereocenters. The third-order valence-electron chi connectivity index (χ3n) is 8.34. The van der Waals surface area contributed by atoms with Gasteiger partial charge in [-0.25, -0.2) is 8.78 Å². The van der Waals surface area contributed by atoms with E-state index in [1.54, 1.807) is 4.68 Å². The minimum absolute atomic E-state index is 0.0305. The Bertz CT molecular complexity index is 1560. The van der Waals surface area contributed by atoms with Crippen LogP contribution in [0.5, 0.6) is 6.01 Å². The molecule has 3 fully saturated rings. The monoisotopic (exact) mass is 542 g/mol. The van der Waals surface area contributed by atoms with Crippen LogP contribution in [0.3, 0.4) is 0 Å². The lowest BCUT2D eigenvalue weighted by molar-refractivity contribution is 0.107. The van der Waals surface area contributed by atoms with Crippen molar-refractivity contribution in [3.05, 3.63) is 38.8 Å². The molecule has 0 N–H and O–H groups in total. The second kappa shape index (κ2) is 8.61. The number of pyridine rings is 1. The molecule has 198 valence electrons. The number of fused-ring (bicyclic) bond motifs is 3. The molecule has 0 bridgehead atoms. The predicted octanol–water partition coefficient (Wildman–Crippen LogP) is 2.96. The lowest BCUT2D eigenvalue weighted by Crippen LogP contribution is -2.43. The molecule has 0 unspecified atom stereocenters. The van der Waals surface area contributed by atoms with Crippen LogP contribution in [0.4, 0.5) is 14.6 Å². The summed E-state index contributed by atoms with van der Waals surface area (Å²) in [6.07, 6.45) is 4.19. The van der Waals surface area contributed by atoms with Crippen LogP contribution >= 0.6 is 11.6 Å². The van der Waals surface area contributed by atoms with E-state index in [9.17, 15) is 14.4 Å². The van der Waals surface area contributed by atoms with E-state index < -0.39 is 23.1 Å². The van der Waals surface area contributed by atoms with Gasteiger partial charge < -0.3 is 9.64 Å². The Hall–Kier alpha value is -3.30. The van der Waals surface area contributed by atoms with Gasteiger partial charge in [0.1, 0.15) is 35.6 Å². The molecule has 38 heavy (non-hydrogen) atoms. The van der Waals surface area contributed by atoms with Crippen LogP contribution in [-0.2, 0) is 13.1 Å². The number of nitrogens with zero attached hydrogens (tertiary/aromatic N) is 8. The molecule has 0 amide bonds. The number of anilines is 1. The van der Waals surface area contributed by atoms with Crippen molar-refractivity contribution in [1.82, 2.24) is 29.2 Å². The average molecular weight is 543 g/mol. The molecule has 1 aliphatic carbocycles. The Balaban J connectivity index is 1.34. The summed E-state index contributed by atoms with van der Waals surface area (Å²) in [7, 11) is 0. The molecule has 0 aromatic carbocycles. The maximum absolute atomic E-state index is 15.7. The molecule has 0 spiro atoms. The van der Waals surface area contributed by atoms with Crippen molar-refractivity contribution >= 4 is 28.3 Å². The maximum Gasteiger partial charge on any atom is 0.319 e. The van der Waals surface area contributed by atoms with Crippen molar-refractivity contribution in [2.45, 2.75) is 62.9 Å². The zero-order chi connectivity index (χ0) is 26.2. The standard InChI is InChI=1S/C25H25ClF2N8O2/c26-21-19(28)20-18(23(37)36(21)16-2-3-16)22(33-6-7-35-17(12-33)14(9-29)10-30-35)32-24(31-20)38-13-25-4-1-5-34(25)11-15(27)8-25/h10,15-16H,1-8,11-13H2/t15-,25+/m1/s1. The van der Waals surface area contributed by atoms with Crippen LogP contribution in [0, 0.1) is 17.1 Å². The highest BCUT2D eigenvalue weighted by Gasteiger charge is 2.49. The Morgan fingerprint density at radius 3 is 2.89 bits per heavy atom. The summed E-state index contributed by atoms with van der Waals surface area (Å²) in [6.45, 7) is 2.49. The molecule has 3 aromatic heterocycles. The Morgan fingerprint density at radius 1 is 1.26 bits per heavy atom. The van der Waals surface area contributed by atoms with E-state index in [-0.39, 0.29) is 47.1 Å². The molecule has 13 heteroatoms. The van der Waals surface area contributed by atoms with Gasteiger partial charge in [-0.05, 0) is 32.2 Å². The van der Waals surface area contributed by atoms with Gasteiger partial charge in [0, 0.05) is 25.6 Å². The molecule has 3 aromatic rings. The molecule has 6 heterocycles. The summed E-state index contributed by atoms with van der Waals surface area (Å²) in [5, 5.41) is 13.5. The van der Waals surface area contributed by atoms with Gasteiger partial charge in [-0.1, -0.05) is 11.6 Å². The van der Waals surface area contributed by atoms with Crippen LogP contribution in [0.1, 0.15) is 49.4 Å². The van der Waals surface area contributed by atoms with Gasteiger partial charge in [-0.15, -0.1) is 0 Å². The minimum atomic E-state index is -0.920. The summed E-state index contributed by atoms with van der Waals surface area (Å²) >= 11 is 6.34. The van der Waals surface area contributed by atoms with Crippen LogP contribution < -0.4 is 15.2 Å². The number of hydrogen-bond donors (Lipinski definition) is 0. The highest BCUT2D eigenvalue weighted by atomic mass is 35.5. The number of alkyl halides is 1. The molecule has 0 radical (unpaired) electrons. The van der Waals surface area contributed by atoms with Crippen molar-refractivity contribution in [3.8, 4) is 12.1 Å². The number of halogens is 3. The van der Waals surface area contributed by atoms with Crippen molar-refractivity contribution in [2.24, 2.45) is 0 Å². The first-order valence-electron chi connectivity index (χ1n) is 12.9. The van der Waals surface area contributed by atoms with E-state index in [0.717, 1.165) is 32.2 Å². The zero-order valence-electron chi connectivity index (χ0n) is 20.5. The quantitative estimate of drug-likeness (QED) is 0.453. The third-order valence-corrected chi connectivity index (χ3v) is 8.68. The largest absolute Gasteiger partial charge is 0.461 e. The van der Waals surface area contributed by atoms with Crippen molar-refractivity contribution in [3.63, 3.8) is 0 Å². The molecular formula is C25H25ClF2N8O2. The van der Waals surface area contributed by atoms with E-state index in [1.807, 2.05) is 4.90 Å². The number of ether oxygens (including phenoxy) is 1. The second-order valence-electron chi connectivity index (χ2n) is 10.7. The summed E-state index contributed by atoms with van der Waals surface area (Å²) in [5.41, 5.74) is 0.0173. The van der Waals surface area contributed by atoms with Gasteiger partial charge in [0.05, 0.1) is 36.1 Å². The average Bonchev–Trinajstić information content (AvgIpc) is 3.41. The smallest absolute Gasteiger partial charge is 0.319 e. The normalized spacial score (nSPS) is 25.0. The molecule has 7 rings (SSSR count). The molecule has 4 aliphatic rings. The Kier molecular flexibility index (Phi) is 5.39. The second-order valence-corrected chi connectivity index (χ2v) is 11.0. The number of rotatable bonds is 5. The summed E-state index contributed by atoms with van der Waals surface area (Å²) in [6, 6.07) is 1.90. The van der Waals surface area contributed by atoms with E-state index in [4.69, 9.17) is 16.3 Å². The Morgan fingerprint density at radius 2 is 2.11 bits per heavy atom. The van der Waals surface area contributed by atoms with Crippen LogP contribution in [-0.4, -0.2) is 67.2 Å². The van der Waals surface area contributed by atoms with Crippen molar-refractivity contribution in [2.75, 3.05) is 31.1 Å². The molecule has 3 aliphatic heterocycles. The first-order chi connectivity index (χ1) is 18.4. The minimum Gasteiger partial charge on any atom is -0.461 e. The van der Waals surface area contributed by atoms with Crippen LogP contribution in [0.2, 0.25) is 5.15 Å². The Labute approximate surface area is 221 Å². The van der Waals surface area contributed by atoms with Crippen molar-refractivity contribution < 1.29 is 13.5 Å². The van der Waals surface area contributed by atoms with Gasteiger partial charge >= 0.3 is 6.01 Å². The predicted molar refractivity (Wildman–Crippen MR) is 134 cm³/mol. The van der Waals surface area contributed by atoms with Gasteiger partial charge in [0.15, 0.2) is 11.0 Å². The van der Waals surface area contributed by atoms with E-state index in [2.05, 4.69) is 26.0 Å². The van der Waals surface area contributed by atoms with Gasteiger partial charge in [-0.3, -0.25) is 18.9 Å². The molecular weight excluding hydrogens is 518 g/mol. The number of nitriles is 1. The fraction of sp³-hybridized carbons (Fsp3) is 0.560. The number of hydrogen-bond acceptors (Lipinski definition) is 8. The van der Waals surface area contributed by atoms with Crippen LogP contribution in [0.15, 0.2) is 11.0 Å². The fourth-order valence-electron chi connectivity index (χ4n) is 6.32. The van der Waals surface area contributed by atoms with E-state index in [0.29, 0.717) is 37.3 Å². The summed E-state index contributed by atoms with van der Waals surface area (Å²) < 4.78 is 39.1. The fourth-order valence-corrected chi connectivity index (χ4v) is 6.62. The van der Waals surface area contributed by atoms with Crippen LogP contribution in [0.25, 0.3) is 10.9 Å². The topological polar surface area (TPSA) is 105 Å². The zero-order valence-corrected chi connectivity index (χ0v) is 21.3. The van der Waals surface area contributed by atoms with E-state index in [1.165, 1.54) is 10.8 Å². The molecule has 10 nitrogen and oxygen atoms in total. The van der Waals surface area contributed by atoms with Crippen molar-refractivity contribution in [1.29, 1.82) is 5.26 Å².